The third kappa shape index (κ3) is 6.07. The Morgan fingerprint density at radius 1 is 0.903 bits per heavy atom. The zero-order valence-electron chi connectivity index (χ0n) is 16.4. The summed E-state index contributed by atoms with van der Waals surface area (Å²) in [6.07, 6.45) is 0. The molecule has 31 heavy (non-hydrogen) atoms. The normalized spacial score (nSPS) is 10.3. The Bertz CT molecular complexity index is 1150. The van der Waals surface area contributed by atoms with Crippen LogP contribution in [0.5, 0.6) is 5.75 Å². The molecule has 0 atom stereocenters. The van der Waals surface area contributed by atoms with Crippen LogP contribution in [0.15, 0.2) is 66.7 Å². The summed E-state index contributed by atoms with van der Waals surface area (Å²) in [4.78, 5) is 36.3. The number of para-hydroxylation sites is 1. The zero-order valence-corrected chi connectivity index (χ0v) is 18.0. The van der Waals surface area contributed by atoms with Crippen LogP contribution in [0.1, 0.15) is 33.2 Å². The van der Waals surface area contributed by atoms with E-state index in [1.165, 1.54) is 19.1 Å². The largest absolute Gasteiger partial charge is 0.427 e. The second-order valence-corrected chi connectivity index (χ2v) is 7.38. The maximum absolute atomic E-state index is 12.6. The highest BCUT2D eigenvalue weighted by Crippen LogP contribution is 2.23. The monoisotopic (exact) mass is 456 g/mol. The van der Waals surface area contributed by atoms with Crippen LogP contribution in [0.4, 0.5) is 5.69 Å². The first kappa shape index (κ1) is 22.3. The third-order valence-electron chi connectivity index (χ3n) is 4.24. The van der Waals surface area contributed by atoms with E-state index in [2.05, 4.69) is 10.6 Å². The fourth-order valence-corrected chi connectivity index (χ4v) is 3.18. The Labute approximate surface area is 189 Å². The van der Waals surface area contributed by atoms with Crippen molar-refractivity contribution in [3.05, 3.63) is 93.5 Å². The minimum atomic E-state index is -0.470. The van der Waals surface area contributed by atoms with E-state index >= 15 is 0 Å². The van der Waals surface area contributed by atoms with E-state index in [1.807, 2.05) is 0 Å². The minimum Gasteiger partial charge on any atom is -0.427 e. The third-order valence-corrected chi connectivity index (χ3v) is 4.80. The lowest BCUT2D eigenvalue weighted by molar-refractivity contribution is -0.131. The molecule has 8 heteroatoms. The van der Waals surface area contributed by atoms with Gasteiger partial charge >= 0.3 is 5.97 Å². The van der Waals surface area contributed by atoms with Gasteiger partial charge in [-0.05, 0) is 48.0 Å². The van der Waals surface area contributed by atoms with Crippen LogP contribution < -0.4 is 15.4 Å². The lowest BCUT2D eigenvalue weighted by atomic mass is 10.1. The summed E-state index contributed by atoms with van der Waals surface area (Å²) in [6.45, 7) is 1.45. The highest BCUT2D eigenvalue weighted by molar-refractivity contribution is 6.36. The molecular formula is C23H18Cl2N2O4. The van der Waals surface area contributed by atoms with E-state index in [9.17, 15) is 14.4 Å². The molecule has 3 rings (SSSR count). The quantitative estimate of drug-likeness (QED) is 0.399. The smallest absolute Gasteiger partial charge is 0.308 e. The van der Waals surface area contributed by atoms with Gasteiger partial charge < -0.3 is 15.4 Å². The minimum absolute atomic E-state index is 0.163. The van der Waals surface area contributed by atoms with Gasteiger partial charge in [-0.3, -0.25) is 14.4 Å². The zero-order chi connectivity index (χ0) is 22.4. The number of benzene rings is 3. The topological polar surface area (TPSA) is 84.5 Å². The molecule has 0 aliphatic rings. The Morgan fingerprint density at radius 2 is 1.68 bits per heavy atom. The van der Waals surface area contributed by atoms with Crippen LogP contribution in [0.2, 0.25) is 10.0 Å². The van der Waals surface area contributed by atoms with Crippen molar-refractivity contribution in [1.82, 2.24) is 5.32 Å². The van der Waals surface area contributed by atoms with Gasteiger partial charge in [0, 0.05) is 29.7 Å². The van der Waals surface area contributed by atoms with Crippen LogP contribution in [-0.2, 0) is 11.3 Å². The maximum atomic E-state index is 12.6. The number of hydrogen-bond acceptors (Lipinski definition) is 4. The Balaban J connectivity index is 1.71. The summed E-state index contributed by atoms with van der Waals surface area (Å²) in [5.74, 6) is -0.957. The molecule has 0 radical (unpaired) electrons. The highest BCUT2D eigenvalue weighted by Gasteiger charge is 2.14. The number of rotatable bonds is 6. The Hall–Kier alpha value is -3.35. The first-order valence-electron chi connectivity index (χ1n) is 9.24. The maximum Gasteiger partial charge on any atom is 0.308 e. The van der Waals surface area contributed by atoms with Crippen molar-refractivity contribution in [2.24, 2.45) is 0 Å². The number of amides is 2. The molecule has 0 aliphatic carbocycles. The number of ether oxygens (including phenoxy) is 1. The molecular weight excluding hydrogens is 439 g/mol. The van der Waals surface area contributed by atoms with Gasteiger partial charge in [-0.1, -0.05) is 47.5 Å². The molecule has 2 N–H and O–H groups in total. The van der Waals surface area contributed by atoms with Crippen LogP contribution in [0.25, 0.3) is 0 Å². The lowest BCUT2D eigenvalue weighted by Crippen LogP contribution is -2.24. The standard InChI is InChI=1S/C23H18Cl2N2O4/c1-14(28)31-18-7-4-6-15(11-18)22(29)26-13-16-5-2-3-8-21(16)27-23(30)19-12-17(24)9-10-20(19)25/h2-12H,13H2,1H3,(H,26,29)(H,27,30). The molecule has 3 aromatic rings. The summed E-state index contributed by atoms with van der Waals surface area (Å²) in [7, 11) is 0. The molecule has 0 aromatic heterocycles. The number of hydrogen-bond donors (Lipinski definition) is 2. The summed E-state index contributed by atoms with van der Waals surface area (Å²) in [5.41, 5.74) is 1.80. The van der Waals surface area contributed by atoms with Crippen LogP contribution in [-0.4, -0.2) is 17.8 Å². The van der Waals surface area contributed by atoms with Crippen molar-refractivity contribution < 1.29 is 19.1 Å². The number of esters is 1. The van der Waals surface area contributed by atoms with E-state index in [-0.39, 0.29) is 28.8 Å². The van der Waals surface area contributed by atoms with Gasteiger partial charge in [-0.15, -0.1) is 0 Å². The average Bonchev–Trinajstić information content (AvgIpc) is 2.74. The molecule has 2 amide bonds. The molecule has 0 aliphatic heterocycles. The van der Waals surface area contributed by atoms with Crippen molar-refractivity contribution in [1.29, 1.82) is 0 Å². The van der Waals surface area contributed by atoms with Crippen LogP contribution in [0, 0.1) is 0 Å². The fourth-order valence-electron chi connectivity index (χ4n) is 2.80. The van der Waals surface area contributed by atoms with Crippen molar-refractivity contribution in [2.75, 3.05) is 5.32 Å². The molecule has 0 saturated heterocycles. The van der Waals surface area contributed by atoms with Gasteiger partial charge in [-0.2, -0.15) is 0 Å². The van der Waals surface area contributed by atoms with E-state index in [1.54, 1.807) is 54.6 Å². The van der Waals surface area contributed by atoms with Gasteiger partial charge in [0.15, 0.2) is 0 Å². The van der Waals surface area contributed by atoms with Crippen LogP contribution >= 0.6 is 23.2 Å². The molecule has 6 nitrogen and oxygen atoms in total. The molecule has 0 unspecified atom stereocenters. The average molecular weight is 457 g/mol. The van der Waals surface area contributed by atoms with Crippen molar-refractivity contribution in [3.8, 4) is 5.75 Å². The SMILES string of the molecule is CC(=O)Oc1cccc(C(=O)NCc2ccccc2NC(=O)c2cc(Cl)ccc2Cl)c1. The molecule has 0 fully saturated rings. The van der Waals surface area contributed by atoms with E-state index in [0.29, 0.717) is 21.8 Å². The number of carbonyl (C=O) groups is 3. The number of carbonyl (C=O) groups excluding carboxylic acids is 3. The number of nitrogens with one attached hydrogen (secondary N) is 2. The Morgan fingerprint density at radius 3 is 2.45 bits per heavy atom. The van der Waals surface area contributed by atoms with Gasteiger partial charge in [-0.25, -0.2) is 0 Å². The molecule has 0 spiro atoms. The molecule has 0 bridgehead atoms. The number of anilines is 1. The molecule has 158 valence electrons. The summed E-state index contributed by atoms with van der Waals surface area (Å²) in [5, 5.41) is 6.26. The molecule has 0 saturated carbocycles. The molecule has 3 aromatic carbocycles. The summed E-state index contributed by atoms with van der Waals surface area (Å²) < 4.78 is 5.00. The second kappa shape index (κ2) is 10.1. The van der Waals surface area contributed by atoms with Gasteiger partial charge in [0.25, 0.3) is 11.8 Å². The Kier molecular flexibility index (Phi) is 7.28. The second-order valence-electron chi connectivity index (χ2n) is 6.54. The molecule has 0 heterocycles. The van der Waals surface area contributed by atoms with Gasteiger partial charge in [0.05, 0.1) is 10.6 Å². The first-order valence-corrected chi connectivity index (χ1v) is 10.00. The van der Waals surface area contributed by atoms with Crippen LogP contribution in [0.3, 0.4) is 0 Å². The van der Waals surface area contributed by atoms with E-state index < -0.39 is 11.9 Å². The summed E-state index contributed by atoms with van der Waals surface area (Å²) >= 11 is 12.1. The van der Waals surface area contributed by atoms with Crippen molar-refractivity contribution in [2.45, 2.75) is 13.5 Å². The fraction of sp³-hybridized carbons (Fsp3) is 0.0870. The number of halogens is 2. The van der Waals surface area contributed by atoms with E-state index in [4.69, 9.17) is 27.9 Å². The summed E-state index contributed by atoms with van der Waals surface area (Å²) in [6, 6.07) is 18.0. The van der Waals surface area contributed by atoms with Gasteiger partial charge in [0.1, 0.15) is 5.75 Å². The van der Waals surface area contributed by atoms with Gasteiger partial charge in [0.2, 0.25) is 0 Å². The van der Waals surface area contributed by atoms with Crippen molar-refractivity contribution in [3.63, 3.8) is 0 Å². The first-order chi connectivity index (χ1) is 14.8. The predicted octanol–water partition coefficient (Wildman–Crippen LogP) is 5.10. The van der Waals surface area contributed by atoms with Crippen molar-refractivity contribution >= 4 is 46.7 Å². The lowest BCUT2D eigenvalue weighted by Gasteiger charge is -2.13. The predicted molar refractivity (Wildman–Crippen MR) is 120 cm³/mol. The highest BCUT2D eigenvalue weighted by atomic mass is 35.5. The van der Waals surface area contributed by atoms with E-state index in [0.717, 1.165) is 0 Å².